The molecule has 2 saturated carbocycles. The summed E-state index contributed by atoms with van der Waals surface area (Å²) in [5.74, 6) is 2.29. The maximum absolute atomic E-state index is 13.1. The van der Waals surface area contributed by atoms with Gasteiger partial charge in [0.25, 0.3) is 0 Å². The van der Waals surface area contributed by atoms with Crippen molar-refractivity contribution in [1.29, 1.82) is 0 Å². The van der Waals surface area contributed by atoms with E-state index in [0.717, 1.165) is 56.9 Å². The Balaban J connectivity index is 1.35. The fourth-order valence-electron chi connectivity index (χ4n) is 5.61. The molecule has 3 unspecified atom stereocenters. The van der Waals surface area contributed by atoms with Gasteiger partial charge in [-0.3, -0.25) is 9.67 Å². The van der Waals surface area contributed by atoms with Crippen LogP contribution in [0.15, 0.2) is 24.5 Å². The number of fused-ring (bicyclic) bond motifs is 1. The van der Waals surface area contributed by atoms with Crippen LogP contribution in [-0.2, 0) is 10.9 Å². The molecule has 2 aromatic heterocycles. The van der Waals surface area contributed by atoms with E-state index < -0.39 is 11.7 Å². The van der Waals surface area contributed by atoms with E-state index in [9.17, 15) is 13.2 Å². The lowest BCUT2D eigenvalue weighted by Gasteiger charge is -2.24. The number of halogens is 3. The number of hydrogen-bond donors (Lipinski definition) is 1. The minimum atomic E-state index is -4.41. The van der Waals surface area contributed by atoms with Gasteiger partial charge in [0, 0.05) is 48.8 Å². The van der Waals surface area contributed by atoms with Crippen LogP contribution in [0.3, 0.4) is 0 Å². The topological polar surface area (TPSA) is 52.0 Å². The third kappa shape index (κ3) is 4.00. The Morgan fingerprint density at radius 2 is 1.94 bits per heavy atom. The Morgan fingerprint density at radius 3 is 2.65 bits per heavy atom. The van der Waals surface area contributed by atoms with E-state index in [2.05, 4.69) is 29.2 Å². The number of alkyl halides is 3. The average Bonchev–Trinajstić information content (AvgIpc) is 3.07. The maximum Gasteiger partial charge on any atom is 0.417 e. The highest BCUT2D eigenvalue weighted by atomic mass is 19.4. The Morgan fingerprint density at radius 1 is 1.16 bits per heavy atom. The van der Waals surface area contributed by atoms with Gasteiger partial charge in [-0.1, -0.05) is 0 Å². The number of rotatable bonds is 4. The summed E-state index contributed by atoms with van der Waals surface area (Å²) in [6, 6.07) is 3.28. The molecular formula is C23H29F3N4O. The van der Waals surface area contributed by atoms with Crippen LogP contribution in [-0.4, -0.2) is 40.6 Å². The van der Waals surface area contributed by atoms with Crippen molar-refractivity contribution in [3.63, 3.8) is 0 Å². The molecule has 31 heavy (non-hydrogen) atoms. The Bertz CT molecular complexity index is 921. The molecule has 1 aliphatic heterocycles. The lowest BCUT2D eigenvalue weighted by Crippen LogP contribution is -2.32. The second kappa shape index (κ2) is 7.89. The van der Waals surface area contributed by atoms with E-state index in [4.69, 9.17) is 4.74 Å². The van der Waals surface area contributed by atoms with Gasteiger partial charge >= 0.3 is 6.18 Å². The van der Waals surface area contributed by atoms with Crippen molar-refractivity contribution in [2.24, 2.45) is 17.8 Å². The van der Waals surface area contributed by atoms with Crippen LogP contribution in [0.4, 0.5) is 13.2 Å². The van der Waals surface area contributed by atoms with Gasteiger partial charge in [0.15, 0.2) is 0 Å². The number of aromatic nitrogens is 3. The molecule has 8 heteroatoms. The first kappa shape index (κ1) is 20.9. The van der Waals surface area contributed by atoms with Crippen molar-refractivity contribution in [3.05, 3.63) is 35.8 Å². The zero-order valence-electron chi connectivity index (χ0n) is 17.9. The number of nitrogens with one attached hydrogen (secondary N) is 1. The predicted molar refractivity (Wildman–Crippen MR) is 111 cm³/mol. The zero-order chi connectivity index (χ0) is 21.8. The van der Waals surface area contributed by atoms with Crippen LogP contribution >= 0.6 is 0 Å². The molecule has 0 bridgehead atoms. The van der Waals surface area contributed by atoms with E-state index in [-0.39, 0.29) is 6.04 Å². The van der Waals surface area contributed by atoms with Gasteiger partial charge in [-0.2, -0.15) is 18.3 Å². The molecule has 2 aromatic rings. The van der Waals surface area contributed by atoms with Gasteiger partial charge in [0.2, 0.25) is 0 Å². The van der Waals surface area contributed by atoms with Crippen molar-refractivity contribution in [1.82, 2.24) is 20.1 Å². The molecule has 0 amide bonds. The second-order valence-corrected chi connectivity index (χ2v) is 9.50. The van der Waals surface area contributed by atoms with Gasteiger partial charge in [0.05, 0.1) is 17.4 Å². The zero-order valence-corrected chi connectivity index (χ0v) is 17.9. The molecule has 3 aliphatic rings. The smallest absolute Gasteiger partial charge is 0.377 e. The normalized spacial score (nSPS) is 31.0. The summed E-state index contributed by atoms with van der Waals surface area (Å²) >= 11 is 0. The van der Waals surface area contributed by atoms with Crippen LogP contribution in [0.1, 0.15) is 56.3 Å². The summed E-state index contributed by atoms with van der Waals surface area (Å²) in [5, 5.41) is 8.17. The molecule has 5 rings (SSSR count). The first-order chi connectivity index (χ1) is 14.8. The minimum absolute atomic E-state index is 0.147. The van der Waals surface area contributed by atoms with Gasteiger partial charge in [-0.15, -0.1) is 0 Å². The summed E-state index contributed by atoms with van der Waals surface area (Å²) in [6.07, 6.45) is 1.60. The molecule has 0 radical (unpaired) electrons. The molecule has 0 aromatic carbocycles. The molecule has 3 atom stereocenters. The molecule has 1 N–H and O–H groups in total. The van der Waals surface area contributed by atoms with E-state index in [0.29, 0.717) is 41.0 Å². The Labute approximate surface area is 180 Å². The van der Waals surface area contributed by atoms with Crippen LogP contribution in [0.25, 0.3) is 11.3 Å². The fourth-order valence-corrected chi connectivity index (χ4v) is 5.61. The molecule has 2 aliphatic carbocycles. The number of nitrogens with zero attached hydrogens (tertiary/aromatic N) is 3. The van der Waals surface area contributed by atoms with Gasteiger partial charge in [-0.25, -0.2) is 0 Å². The van der Waals surface area contributed by atoms with Gasteiger partial charge in [0.1, 0.15) is 0 Å². The third-order valence-corrected chi connectivity index (χ3v) is 7.14. The van der Waals surface area contributed by atoms with Gasteiger partial charge in [-0.05, 0) is 69.5 Å². The van der Waals surface area contributed by atoms with E-state index in [1.807, 2.05) is 10.7 Å². The highest BCUT2D eigenvalue weighted by Gasteiger charge is 2.59. The summed E-state index contributed by atoms with van der Waals surface area (Å²) in [4.78, 5) is 3.81. The Hall–Kier alpha value is -1.93. The highest BCUT2D eigenvalue weighted by Crippen LogP contribution is 2.65. The van der Waals surface area contributed by atoms with Crippen molar-refractivity contribution >= 4 is 0 Å². The van der Waals surface area contributed by atoms with Crippen molar-refractivity contribution in [3.8, 4) is 11.3 Å². The largest absolute Gasteiger partial charge is 0.417 e. The van der Waals surface area contributed by atoms with Crippen molar-refractivity contribution < 1.29 is 17.9 Å². The Kier molecular flexibility index (Phi) is 5.33. The minimum Gasteiger partial charge on any atom is -0.377 e. The van der Waals surface area contributed by atoms with E-state index >= 15 is 0 Å². The summed E-state index contributed by atoms with van der Waals surface area (Å²) in [5.41, 5.74) is 1.39. The van der Waals surface area contributed by atoms with E-state index in [1.54, 1.807) is 0 Å². The SMILES string of the molecule is CC(C)n1nc(-c2cncc(C(F)(F)F)c2)cc1C1C2CC(C3CNCCCO3)CC21. The molecule has 168 valence electrons. The van der Waals surface area contributed by atoms with Crippen molar-refractivity contribution in [2.75, 3.05) is 19.7 Å². The molecule has 1 saturated heterocycles. The predicted octanol–water partition coefficient (Wildman–Crippen LogP) is 4.66. The van der Waals surface area contributed by atoms with Crippen LogP contribution < -0.4 is 5.32 Å². The molecule has 0 spiro atoms. The standard InChI is InChI=1S/C23H29F3N4O/c1-13(2)30-20(9-19(29-30)15-6-16(11-28-10-15)23(24,25)26)22-17-7-14(8-18(17)22)21-12-27-4-3-5-31-21/h6,9-11,13-14,17-18,21-22,27H,3-5,7-8,12H2,1-2H3. The van der Waals surface area contributed by atoms with Crippen molar-refractivity contribution in [2.45, 2.75) is 57.3 Å². The van der Waals surface area contributed by atoms with Crippen LogP contribution in [0, 0.1) is 17.8 Å². The molecule has 5 nitrogen and oxygen atoms in total. The number of hydrogen-bond acceptors (Lipinski definition) is 4. The summed E-state index contributed by atoms with van der Waals surface area (Å²) < 4.78 is 47.5. The quantitative estimate of drug-likeness (QED) is 0.760. The monoisotopic (exact) mass is 434 g/mol. The average molecular weight is 435 g/mol. The third-order valence-electron chi connectivity index (χ3n) is 7.14. The summed E-state index contributed by atoms with van der Waals surface area (Å²) in [7, 11) is 0. The highest BCUT2D eigenvalue weighted by molar-refractivity contribution is 5.60. The fraction of sp³-hybridized carbons (Fsp3) is 0.652. The summed E-state index contributed by atoms with van der Waals surface area (Å²) in [6.45, 7) is 6.93. The van der Waals surface area contributed by atoms with Gasteiger partial charge < -0.3 is 10.1 Å². The van der Waals surface area contributed by atoms with E-state index in [1.165, 1.54) is 6.20 Å². The lowest BCUT2D eigenvalue weighted by molar-refractivity contribution is -0.137. The first-order valence-electron chi connectivity index (χ1n) is 11.3. The van der Waals surface area contributed by atoms with Crippen LogP contribution in [0.5, 0.6) is 0 Å². The second-order valence-electron chi connectivity index (χ2n) is 9.50. The molecular weight excluding hydrogens is 405 g/mol. The molecule has 3 fully saturated rings. The molecule has 3 heterocycles. The maximum atomic E-state index is 13.1. The van der Waals surface area contributed by atoms with Crippen LogP contribution in [0.2, 0.25) is 0 Å². The first-order valence-corrected chi connectivity index (χ1v) is 11.3. The lowest BCUT2D eigenvalue weighted by atomic mass is 9.93. The number of ether oxygens (including phenoxy) is 1. The number of pyridine rings is 1.